The van der Waals surface area contributed by atoms with Crippen LogP contribution in [0.5, 0.6) is 5.75 Å². The molecule has 2 rings (SSSR count). The molecule has 2 aromatic carbocycles. The van der Waals surface area contributed by atoms with Gasteiger partial charge in [-0.2, -0.15) is 0 Å². The van der Waals surface area contributed by atoms with E-state index in [9.17, 15) is 0 Å². The van der Waals surface area contributed by atoms with Crippen LogP contribution in [-0.2, 0) is 6.42 Å². The van der Waals surface area contributed by atoms with E-state index in [-0.39, 0.29) is 0 Å². The van der Waals surface area contributed by atoms with E-state index in [1.54, 1.807) is 0 Å². The summed E-state index contributed by atoms with van der Waals surface area (Å²) in [6.07, 6.45) is 0.820. The minimum absolute atomic E-state index is 0.680. The fourth-order valence-electron chi connectivity index (χ4n) is 2.01. The van der Waals surface area contributed by atoms with Gasteiger partial charge in [0, 0.05) is 20.5 Å². The number of rotatable bonds is 5. The Bertz CT molecular complexity index is 574. The van der Waals surface area contributed by atoms with Gasteiger partial charge in [-0.25, -0.2) is 4.99 Å². The molecule has 0 aliphatic carbocycles. The van der Waals surface area contributed by atoms with Crippen molar-refractivity contribution < 1.29 is 4.74 Å². The number of amidine groups is 1. The Hall–Kier alpha value is -2.29. The van der Waals surface area contributed by atoms with Gasteiger partial charge in [0.15, 0.2) is 0 Å². The van der Waals surface area contributed by atoms with Crippen LogP contribution in [0.4, 0.5) is 5.69 Å². The monoisotopic (exact) mass is 282 g/mol. The molecule has 0 aromatic heterocycles. The summed E-state index contributed by atoms with van der Waals surface area (Å²) in [5.74, 6) is 1.91. The molecule has 2 aromatic rings. The van der Waals surface area contributed by atoms with Crippen molar-refractivity contribution in [1.29, 1.82) is 0 Å². The lowest BCUT2D eigenvalue weighted by Crippen LogP contribution is -2.23. The Morgan fingerprint density at radius 1 is 1.00 bits per heavy atom. The normalized spacial score (nSPS) is 11.3. The summed E-state index contributed by atoms with van der Waals surface area (Å²) >= 11 is 0. The van der Waals surface area contributed by atoms with Gasteiger partial charge in [-0.1, -0.05) is 30.3 Å². The van der Waals surface area contributed by atoms with Crippen LogP contribution in [-0.4, -0.2) is 31.4 Å². The van der Waals surface area contributed by atoms with Crippen LogP contribution in [0.2, 0.25) is 0 Å². The third-order valence-corrected chi connectivity index (χ3v) is 3.13. The molecular weight excluding hydrogens is 260 g/mol. The maximum absolute atomic E-state index is 5.45. The smallest absolute Gasteiger partial charge is 0.119 e. The molecule has 0 saturated carbocycles. The molecular formula is C18H22N2O. The van der Waals surface area contributed by atoms with Gasteiger partial charge in [-0.15, -0.1) is 0 Å². The summed E-state index contributed by atoms with van der Waals surface area (Å²) in [6, 6.07) is 18.3. The number of nitrogens with zero attached hydrogens (tertiary/aromatic N) is 2. The second-order valence-corrected chi connectivity index (χ2v) is 5.01. The number of likely N-dealkylation sites (N-methyl/N-ethyl adjacent to an activating group) is 1. The molecule has 0 fully saturated rings. The predicted octanol–water partition coefficient (Wildman–Crippen LogP) is 3.92. The lowest BCUT2D eigenvalue weighted by atomic mass is 10.1. The second kappa shape index (κ2) is 7.48. The van der Waals surface area contributed by atoms with E-state index in [1.165, 1.54) is 5.56 Å². The van der Waals surface area contributed by atoms with E-state index < -0.39 is 0 Å². The highest BCUT2D eigenvalue weighted by Gasteiger charge is 2.04. The fraction of sp³-hybridized carbons (Fsp3) is 0.278. The molecule has 110 valence electrons. The zero-order valence-corrected chi connectivity index (χ0v) is 12.9. The van der Waals surface area contributed by atoms with Gasteiger partial charge in [0.05, 0.1) is 12.3 Å². The Morgan fingerprint density at radius 2 is 1.67 bits per heavy atom. The zero-order valence-electron chi connectivity index (χ0n) is 12.9. The Morgan fingerprint density at radius 3 is 2.24 bits per heavy atom. The number of ether oxygens (including phenoxy) is 1. The van der Waals surface area contributed by atoms with E-state index in [0.29, 0.717) is 6.61 Å². The fourth-order valence-corrected chi connectivity index (χ4v) is 2.01. The van der Waals surface area contributed by atoms with Crippen molar-refractivity contribution in [2.45, 2.75) is 13.3 Å². The van der Waals surface area contributed by atoms with Crippen molar-refractivity contribution in [1.82, 2.24) is 4.90 Å². The number of hydrogen-bond acceptors (Lipinski definition) is 2. The van der Waals surface area contributed by atoms with Gasteiger partial charge in [0.2, 0.25) is 0 Å². The molecule has 0 unspecified atom stereocenters. The van der Waals surface area contributed by atoms with Crippen LogP contribution in [0.25, 0.3) is 0 Å². The van der Waals surface area contributed by atoms with Gasteiger partial charge in [-0.05, 0) is 36.8 Å². The SMILES string of the molecule is CCOc1ccc(N=C(Cc2ccccc2)N(C)C)cc1. The topological polar surface area (TPSA) is 24.8 Å². The minimum atomic E-state index is 0.680. The van der Waals surface area contributed by atoms with Crippen molar-refractivity contribution in [3.63, 3.8) is 0 Å². The largest absolute Gasteiger partial charge is 0.494 e. The molecule has 0 saturated heterocycles. The summed E-state index contributed by atoms with van der Waals surface area (Å²) in [5, 5.41) is 0. The number of aliphatic imine (C=N–C) groups is 1. The van der Waals surface area contributed by atoms with Crippen LogP contribution in [0.1, 0.15) is 12.5 Å². The summed E-state index contributed by atoms with van der Waals surface area (Å²) in [5.41, 5.74) is 2.20. The summed E-state index contributed by atoms with van der Waals surface area (Å²) < 4.78 is 5.45. The standard InChI is InChI=1S/C18H22N2O/c1-4-21-17-12-10-16(11-13-17)19-18(20(2)3)14-15-8-6-5-7-9-15/h5-13H,4,14H2,1-3H3. The first-order chi connectivity index (χ1) is 10.2. The van der Waals surface area contributed by atoms with Crippen LogP contribution < -0.4 is 4.74 Å². The van der Waals surface area contributed by atoms with E-state index >= 15 is 0 Å². The molecule has 3 nitrogen and oxygen atoms in total. The molecule has 0 N–H and O–H groups in total. The molecule has 21 heavy (non-hydrogen) atoms. The average molecular weight is 282 g/mol. The highest BCUT2D eigenvalue weighted by molar-refractivity contribution is 5.86. The van der Waals surface area contributed by atoms with Crippen molar-refractivity contribution in [3.8, 4) is 5.75 Å². The minimum Gasteiger partial charge on any atom is -0.494 e. The quantitative estimate of drug-likeness (QED) is 0.613. The lowest BCUT2D eigenvalue weighted by Gasteiger charge is -2.16. The summed E-state index contributed by atoms with van der Waals surface area (Å²) in [6.45, 7) is 2.66. The molecule has 3 heteroatoms. The molecule has 0 bridgehead atoms. The van der Waals surface area contributed by atoms with Crippen LogP contribution >= 0.6 is 0 Å². The van der Waals surface area contributed by atoms with Crippen molar-refractivity contribution in [3.05, 3.63) is 60.2 Å². The van der Waals surface area contributed by atoms with Gasteiger partial charge in [0.1, 0.15) is 11.6 Å². The average Bonchev–Trinajstić information content (AvgIpc) is 2.50. The van der Waals surface area contributed by atoms with Crippen molar-refractivity contribution in [2.24, 2.45) is 4.99 Å². The first-order valence-electron chi connectivity index (χ1n) is 7.20. The van der Waals surface area contributed by atoms with Crippen LogP contribution in [0, 0.1) is 0 Å². The third kappa shape index (κ3) is 4.63. The van der Waals surface area contributed by atoms with Crippen LogP contribution in [0.15, 0.2) is 59.6 Å². The Kier molecular flexibility index (Phi) is 5.38. The van der Waals surface area contributed by atoms with Gasteiger partial charge < -0.3 is 9.64 Å². The maximum Gasteiger partial charge on any atom is 0.119 e. The maximum atomic E-state index is 5.45. The van der Waals surface area contributed by atoms with Crippen molar-refractivity contribution in [2.75, 3.05) is 20.7 Å². The highest BCUT2D eigenvalue weighted by Crippen LogP contribution is 2.19. The predicted molar refractivity (Wildman–Crippen MR) is 88.5 cm³/mol. The first kappa shape index (κ1) is 15.1. The van der Waals surface area contributed by atoms with E-state index in [2.05, 4.69) is 29.2 Å². The summed E-state index contributed by atoms with van der Waals surface area (Å²) in [4.78, 5) is 6.80. The van der Waals surface area contributed by atoms with E-state index in [4.69, 9.17) is 9.73 Å². The second-order valence-electron chi connectivity index (χ2n) is 5.01. The Labute approximate surface area is 126 Å². The first-order valence-corrected chi connectivity index (χ1v) is 7.20. The van der Waals surface area contributed by atoms with Gasteiger partial charge >= 0.3 is 0 Å². The lowest BCUT2D eigenvalue weighted by molar-refractivity contribution is 0.340. The van der Waals surface area contributed by atoms with Crippen LogP contribution in [0.3, 0.4) is 0 Å². The van der Waals surface area contributed by atoms with E-state index in [1.807, 2.05) is 51.4 Å². The molecule has 0 aliphatic rings. The summed E-state index contributed by atoms with van der Waals surface area (Å²) in [7, 11) is 4.05. The van der Waals surface area contributed by atoms with Gasteiger partial charge in [-0.3, -0.25) is 0 Å². The van der Waals surface area contributed by atoms with E-state index in [0.717, 1.165) is 23.7 Å². The molecule has 0 amide bonds. The molecule has 0 spiro atoms. The highest BCUT2D eigenvalue weighted by atomic mass is 16.5. The number of benzene rings is 2. The molecule has 0 aliphatic heterocycles. The van der Waals surface area contributed by atoms with Crippen molar-refractivity contribution >= 4 is 11.5 Å². The zero-order chi connectivity index (χ0) is 15.1. The number of hydrogen-bond donors (Lipinski definition) is 0. The van der Waals surface area contributed by atoms with Gasteiger partial charge in [0.25, 0.3) is 0 Å². The molecule has 0 radical (unpaired) electrons. The third-order valence-electron chi connectivity index (χ3n) is 3.13. The molecule has 0 atom stereocenters. The Balaban J connectivity index is 2.17. The molecule has 0 heterocycles.